The summed E-state index contributed by atoms with van der Waals surface area (Å²) >= 11 is 1.81. The first-order valence-electron chi connectivity index (χ1n) is 2.13. The summed E-state index contributed by atoms with van der Waals surface area (Å²) in [6, 6.07) is 0. The zero-order valence-corrected chi connectivity index (χ0v) is 6.46. The lowest BCUT2D eigenvalue weighted by Gasteiger charge is -1.92. The van der Waals surface area contributed by atoms with Crippen LogP contribution in [-0.2, 0) is 0 Å². The monoisotopic (exact) mass is 239 g/mol. The molecule has 0 radical (unpaired) electrons. The maximum absolute atomic E-state index is 12.1. The van der Waals surface area contributed by atoms with Crippen LogP contribution in [-0.4, -0.2) is 9.97 Å². The number of halogens is 2. The third kappa shape index (κ3) is 1.47. The zero-order chi connectivity index (χ0) is 6.85. The normalized spacial score (nSPS) is 9.56. The molecule has 0 saturated heterocycles. The number of nitrogen functional groups attached to an aromatic ring is 1. The lowest BCUT2D eigenvalue weighted by molar-refractivity contribution is 0.574. The maximum Gasteiger partial charge on any atom is 0.232 e. The van der Waals surface area contributed by atoms with Gasteiger partial charge in [0.15, 0.2) is 5.82 Å². The molecule has 1 heterocycles. The average molecular weight is 239 g/mol. The van der Waals surface area contributed by atoms with Crippen molar-refractivity contribution in [1.29, 1.82) is 0 Å². The first-order valence-corrected chi connectivity index (χ1v) is 3.21. The molecule has 0 aliphatic carbocycles. The van der Waals surface area contributed by atoms with Crippen molar-refractivity contribution in [3.05, 3.63) is 15.8 Å². The van der Waals surface area contributed by atoms with E-state index in [1.54, 1.807) is 0 Å². The lowest BCUT2D eigenvalue weighted by Crippen LogP contribution is -1.97. The molecule has 3 nitrogen and oxygen atoms in total. The van der Waals surface area contributed by atoms with Crippen LogP contribution in [0.2, 0.25) is 0 Å². The van der Waals surface area contributed by atoms with Gasteiger partial charge in [0.1, 0.15) is 3.70 Å². The van der Waals surface area contributed by atoms with Crippen molar-refractivity contribution in [2.75, 3.05) is 5.73 Å². The summed E-state index contributed by atoms with van der Waals surface area (Å²) in [7, 11) is 0. The summed E-state index contributed by atoms with van der Waals surface area (Å²) in [4.78, 5) is 6.92. The lowest BCUT2D eigenvalue weighted by atomic mass is 10.7. The van der Waals surface area contributed by atoms with Crippen molar-refractivity contribution in [2.24, 2.45) is 0 Å². The highest BCUT2D eigenvalue weighted by atomic mass is 127. The molecule has 0 bridgehead atoms. The van der Waals surface area contributed by atoms with Crippen molar-refractivity contribution in [3.63, 3.8) is 0 Å². The van der Waals surface area contributed by atoms with Gasteiger partial charge in [0.05, 0.1) is 6.20 Å². The van der Waals surface area contributed by atoms with E-state index in [1.807, 2.05) is 22.6 Å². The second kappa shape index (κ2) is 2.42. The second-order valence-electron chi connectivity index (χ2n) is 1.37. The highest BCUT2D eigenvalue weighted by molar-refractivity contribution is 14.1. The van der Waals surface area contributed by atoms with Crippen molar-refractivity contribution >= 4 is 28.4 Å². The molecular weight excluding hydrogens is 236 g/mol. The topological polar surface area (TPSA) is 51.8 Å². The Kier molecular flexibility index (Phi) is 1.79. The van der Waals surface area contributed by atoms with Gasteiger partial charge in [-0.1, -0.05) is 0 Å². The van der Waals surface area contributed by atoms with Crippen LogP contribution < -0.4 is 5.73 Å². The van der Waals surface area contributed by atoms with E-state index in [-0.39, 0.29) is 5.82 Å². The Morgan fingerprint density at radius 2 is 2.33 bits per heavy atom. The summed E-state index contributed by atoms with van der Waals surface area (Å²) in [5.74, 6) is -0.342. The van der Waals surface area contributed by atoms with Gasteiger partial charge in [-0.2, -0.15) is 4.39 Å². The standard InChI is InChI=1S/C4H3FIN3/c5-2-1-8-4(7)3(6)9-2/h1H,(H2,7,8). The zero-order valence-electron chi connectivity index (χ0n) is 4.31. The number of nitrogens with zero attached hydrogens (tertiary/aromatic N) is 2. The van der Waals surface area contributed by atoms with E-state index in [4.69, 9.17) is 5.73 Å². The molecule has 1 rings (SSSR count). The fourth-order valence-corrected chi connectivity index (χ4v) is 0.726. The Morgan fingerprint density at radius 3 is 2.78 bits per heavy atom. The van der Waals surface area contributed by atoms with Crippen LogP contribution in [0.1, 0.15) is 0 Å². The van der Waals surface area contributed by atoms with E-state index in [9.17, 15) is 4.39 Å². The first-order chi connectivity index (χ1) is 4.20. The molecule has 1 aromatic rings. The van der Waals surface area contributed by atoms with Gasteiger partial charge in [-0.3, -0.25) is 0 Å². The van der Waals surface area contributed by atoms with Gasteiger partial charge in [0.25, 0.3) is 0 Å². The highest BCUT2D eigenvalue weighted by Gasteiger charge is 1.97. The third-order valence-electron chi connectivity index (χ3n) is 0.726. The summed E-state index contributed by atoms with van der Waals surface area (Å²) in [5, 5.41) is 0. The smallest absolute Gasteiger partial charge is 0.232 e. The Bertz CT molecular complexity index is 227. The fourth-order valence-electron chi connectivity index (χ4n) is 0.356. The van der Waals surface area contributed by atoms with Gasteiger partial charge in [-0.05, 0) is 22.6 Å². The van der Waals surface area contributed by atoms with Gasteiger partial charge in [0.2, 0.25) is 5.95 Å². The molecule has 5 heteroatoms. The number of hydrogen-bond acceptors (Lipinski definition) is 3. The van der Waals surface area contributed by atoms with E-state index >= 15 is 0 Å². The van der Waals surface area contributed by atoms with Gasteiger partial charge in [-0.15, -0.1) is 0 Å². The Morgan fingerprint density at radius 1 is 1.67 bits per heavy atom. The van der Waals surface area contributed by atoms with Crippen LogP contribution in [0.5, 0.6) is 0 Å². The predicted molar refractivity (Wildman–Crippen MR) is 39.1 cm³/mol. The van der Waals surface area contributed by atoms with Gasteiger partial charge < -0.3 is 5.73 Å². The molecule has 0 aliphatic rings. The molecular formula is C4H3FIN3. The molecule has 0 unspecified atom stereocenters. The highest BCUT2D eigenvalue weighted by Crippen LogP contribution is 2.06. The second-order valence-corrected chi connectivity index (χ2v) is 2.39. The molecule has 0 saturated carbocycles. The van der Waals surface area contributed by atoms with Crippen LogP contribution in [0.25, 0.3) is 0 Å². The summed E-state index contributed by atoms with van der Waals surface area (Å²) in [5.41, 5.74) is 5.24. The molecule has 1 aromatic heterocycles. The fraction of sp³-hybridized carbons (Fsp3) is 0. The minimum absolute atomic E-state index is 0.261. The number of nitrogens with two attached hydrogens (primary N) is 1. The van der Waals surface area contributed by atoms with Gasteiger partial charge in [-0.25, -0.2) is 9.97 Å². The van der Waals surface area contributed by atoms with Gasteiger partial charge in [0, 0.05) is 0 Å². The van der Waals surface area contributed by atoms with Crippen LogP contribution in [0.3, 0.4) is 0 Å². The minimum atomic E-state index is -0.603. The number of aromatic nitrogens is 2. The third-order valence-corrected chi connectivity index (χ3v) is 1.52. The minimum Gasteiger partial charge on any atom is -0.382 e. The van der Waals surface area contributed by atoms with E-state index in [2.05, 4.69) is 9.97 Å². The number of hydrogen-bond donors (Lipinski definition) is 1. The van der Waals surface area contributed by atoms with Crippen LogP contribution >= 0.6 is 22.6 Å². The first kappa shape index (κ1) is 6.66. The molecule has 0 atom stereocenters. The maximum atomic E-state index is 12.1. The van der Waals surface area contributed by atoms with Crippen molar-refractivity contribution < 1.29 is 4.39 Å². The number of anilines is 1. The molecule has 0 fully saturated rings. The summed E-state index contributed by atoms with van der Waals surface area (Å²) < 4.78 is 12.5. The van der Waals surface area contributed by atoms with Crippen molar-refractivity contribution in [1.82, 2.24) is 9.97 Å². The predicted octanol–water partition coefficient (Wildman–Crippen LogP) is 0.802. The molecule has 2 N–H and O–H groups in total. The van der Waals surface area contributed by atoms with Crippen molar-refractivity contribution in [3.8, 4) is 0 Å². The van der Waals surface area contributed by atoms with E-state index in [0.717, 1.165) is 6.20 Å². The molecule has 9 heavy (non-hydrogen) atoms. The van der Waals surface area contributed by atoms with Gasteiger partial charge >= 0.3 is 0 Å². The van der Waals surface area contributed by atoms with Crippen LogP contribution in [0, 0.1) is 9.65 Å². The van der Waals surface area contributed by atoms with Crippen LogP contribution in [0.15, 0.2) is 6.20 Å². The average Bonchev–Trinajstić information content (AvgIpc) is 1.80. The molecule has 0 spiro atoms. The summed E-state index contributed by atoms with van der Waals surface area (Å²) in [6.45, 7) is 0. The van der Waals surface area contributed by atoms with Crippen LogP contribution in [0.4, 0.5) is 10.2 Å². The van der Waals surface area contributed by atoms with E-state index in [0.29, 0.717) is 3.70 Å². The Balaban J connectivity index is 3.17. The van der Waals surface area contributed by atoms with Crippen molar-refractivity contribution in [2.45, 2.75) is 0 Å². The molecule has 0 amide bonds. The summed E-state index contributed by atoms with van der Waals surface area (Å²) in [6.07, 6.45) is 0.984. The largest absolute Gasteiger partial charge is 0.382 e. The number of rotatable bonds is 0. The molecule has 0 aromatic carbocycles. The van der Waals surface area contributed by atoms with E-state index in [1.165, 1.54) is 0 Å². The Labute approximate surface area is 64.6 Å². The SMILES string of the molecule is Nc1ncc(F)nc1I. The van der Waals surface area contributed by atoms with E-state index < -0.39 is 5.95 Å². The quantitative estimate of drug-likeness (QED) is 0.681. The Hall–Kier alpha value is -0.460. The molecule has 48 valence electrons. The molecule has 0 aliphatic heterocycles.